The van der Waals surface area contributed by atoms with Crippen LogP contribution in [-0.2, 0) is 0 Å². The molecule has 13 aromatic rings. The van der Waals surface area contributed by atoms with E-state index in [0.29, 0.717) is 5.82 Å². The minimum absolute atomic E-state index is 0.662. The van der Waals surface area contributed by atoms with Crippen LogP contribution in [0.25, 0.3) is 127 Å². The van der Waals surface area contributed by atoms with Gasteiger partial charge in [0, 0.05) is 55.2 Å². The molecule has 0 aliphatic carbocycles. The molecular formula is C53H30N4O2. The number of benzene rings is 8. The molecule has 5 heterocycles. The van der Waals surface area contributed by atoms with Gasteiger partial charge in [-0.2, -0.15) is 0 Å². The van der Waals surface area contributed by atoms with Gasteiger partial charge in [-0.3, -0.25) is 4.40 Å². The molecule has 0 fully saturated rings. The normalized spacial score (nSPS) is 12.1. The van der Waals surface area contributed by atoms with Gasteiger partial charge in [0.05, 0.1) is 22.4 Å². The Labute approximate surface area is 336 Å². The Hall–Kier alpha value is -8.09. The van der Waals surface area contributed by atoms with E-state index in [2.05, 4.69) is 132 Å². The number of aromatic nitrogens is 4. The molecule has 0 saturated heterocycles. The van der Waals surface area contributed by atoms with E-state index < -0.39 is 0 Å². The fourth-order valence-corrected chi connectivity index (χ4v) is 8.98. The van der Waals surface area contributed by atoms with Gasteiger partial charge in [-0.05, 0) is 88.6 Å². The minimum atomic E-state index is 0.662. The van der Waals surface area contributed by atoms with E-state index >= 15 is 0 Å². The SMILES string of the molecule is c1ccc(-c2cc(-c3ccc4oc5ccccc5c4c3)nc(-c3ccc4c(c3)c3ccccc3c3nc5cc(-c6ccc7oc8ccccc8c7c6)ccn5c43)n2)cc1. The highest BCUT2D eigenvalue weighted by atomic mass is 16.3. The third-order valence-electron chi connectivity index (χ3n) is 11.8. The van der Waals surface area contributed by atoms with E-state index in [9.17, 15) is 0 Å². The maximum atomic E-state index is 6.16. The molecule has 0 spiro atoms. The summed E-state index contributed by atoms with van der Waals surface area (Å²) in [6.07, 6.45) is 2.15. The summed E-state index contributed by atoms with van der Waals surface area (Å²) in [6, 6.07) is 61.0. The largest absolute Gasteiger partial charge is 0.456 e. The van der Waals surface area contributed by atoms with Gasteiger partial charge < -0.3 is 8.83 Å². The van der Waals surface area contributed by atoms with Crippen molar-refractivity contribution >= 4 is 82.1 Å². The van der Waals surface area contributed by atoms with Crippen molar-refractivity contribution in [3.63, 3.8) is 0 Å². The number of rotatable bonds is 4. The monoisotopic (exact) mass is 754 g/mol. The summed E-state index contributed by atoms with van der Waals surface area (Å²) >= 11 is 0. The average Bonchev–Trinajstić information content (AvgIpc) is 4.00. The second kappa shape index (κ2) is 12.2. The molecule has 0 bridgehead atoms. The van der Waals surface area contributed by atoms with Crippen molar-refractivity contribution < 1.29 is 8.83 Å². The Morgan fingerprint density at radius 1 is 0.339 bits per heavy atom. The number of hydrogen-bond donors (Lipinski definition) is 0. The molecule has 0 aliphatic heterocycles. The highest BCUT2D eigenvalue weighted by molar-refractivity contribution is 6.24. The van der Waals surface area contributed by atoms with Crippen molar-refractivity contribution in [1.29, 1.82) is 0 Å². The molecule has 6 heteroatoms. The molecule has 13 rings (SSSR count). The lowest BCUT2D eigenvalue weighted by Gasteiger charge is -2.12. The van der Waals surface area contributed by atoms with Crippen LogP contribution in [0.2, 0.25) is 0 Å². The Kier molecular flexibility index (Phi) is 6.63. The van der Waals surface area contributed by atoms with Crippen LogP contribution in [0.5, 0.6) is 0 Å². The van der Waals surface area contributed by atoms with Gasteiger partial charge in [0.15, 0.2) is 5.82 Å². The number of hydrogen-bond acceptors (Lipinski definition) is 5. The lowest BCUT2D eigenvalue weighted by molar-refractivity contribution is 0.668. The molecular weight excluding hydrogens is 725 g/mol. The number of furan rings is 2. The predicted octanol–water partition coefficient (Wildman–Crippen LogP) is 14.1. The van der Waals surface area contributed by atoms with Crippen molar-refractivity contribution in [2.75, 3.05) is 0 Å². The van der Waals surface area contributed by atoms with Crippen LogP contribution in [0.3, 0.4) is 0 Å². The van der Waals surface area contributed by atoms with Crippen molar-refractivity contribution in [2.45, 2.75) is 0 Å². The average molecular weight is 755 g/mol. The molecule has 0 radical (unpaired) electrons. The van der Waals surface area contributed by atoms with Gasteiger partial charge in [-0.15, -0.1) is 0 Å². The van der Waals surface area contributed by atoms with Crippen LogP contribution in [0, 0.1) is 0 Å². The first-order valence-electron chi connectivity index (χ1n) is 19.7. The summed E-state index contributed by atoms with van der Waals surface area (Å²) < 4.78 is 14.5. The summed E-state index contributed by atoms with van der Waals surface area (Å²) in [5.74, 6) is 0.662. The fraction of sp³-hybridized carbons (Fsp3) is 0. The van der Waals surface area contributed by atoms with E-state index in [1.807, 2.05) is 54.6 Å². The number of imidazole rings is 1. The topological polar surface area (TPSA) is 69.4 Å². The molecule has 59 heavy (non-hydrogen) atoms. The first-order valence-corrected chi connectivity index (χ1v) is 19.7. The Balaban J connectivity index is 0.989. The van der Waals surface area contributed by atoms with Crippen LogP contribution in [0.1, 0.15) is 0 Å². The molecule has 0 N–H and O–H groups in total. The van der Waals surface area contributed by atoms with Gasteiger partial charge in [-0.25, -0.2) is 15.0 Å². The summed E-state index contributed by atoms with van der Waals surface area (Å²) in [7, 11) is 0. The highest BCUT2D eigenvalue weighted by Gasteiger charge is 2.18. The van der Waals surface area contributed by atoms with Crippen molar-refractivity contribution in [2.24, 2.45) is 0 Å². The lowest BCUT2D eigenvalue weighted by atomic mass is 9.97. The smallest absolute Gasteiger partial charge is 0.160 e. The number of fused-ring (bicyclic) bond motifs is 14. The zero-order valence-corrected chi connectivity index (χ0v) is 31.4. The fourth-order valence-electron chi connectivity index (χ4n) is 8.98. The highest BCUT2D eigenvalue weighted by Crippen LogP contribution is 2.40. The van der Waals surface area contributed by atoms with E-state index in [1.165, 1.54) is 0 Å². The Morgan fingerprint density at radius 3 is 1.64 bits per heavy atom. The Morgan fingerprint density at radius 2 is 0.898 bits per heavy atom. The molecule has 5 aromatic heterocycles. The van der Waals surface area contributed by atoms with Gasteiger partial charge in [0.2, 0.25) is 0 Å². The second-order valence-corrected chi connectivity index (χ2v) is 15.2. The molecule has 8 aromatic carbocycles. The molecule has 0 amide bonds. The minimum Gasteiger partial charge on any atom is -0.456 e. The van der Waals surface area contributed by atoms with Crippen molar-refractivity contribution in [3.05, 3.63) is 182 Å². The van der Waals surface area contributed by atoms with Gasteiger partial charge in [0.1, 0.15) is 28.0 Å². The summed E-state index contributed by atoms with van der Waals surface area (Å²) in [5, 5.41) is 8.85. The molecule has 0 atom stereocenters. The van der Waals surface area contributed by atoms with Crippen molar-refractivity contribution in [1.82, 2.24) is 19.4 Å². The van der Waals surface area contributed by atoms with E-state index in [-0.39, 0.29) is 0 Å². The summed E-state index contributed by atoms with van der Waals surface area (Å²) in [4.78, 5) is 15.8. The third kappa shape index (κ3) is 4.90. The number of pyridine rings is 1. The molecule has 0 aliphatic rings. The maximum Gasteiger partial charge on any atom is 0.160 e. The van der Waals surface area contributed by atoms with E-state index in [4.69, 9.17) is 23.8 Å². The van der Waals surface area contributed by atoms with Gasteiger partial charge >= 0.3 is 0 Å². The first-order chi connectivity index (χ1) is 29.2. The van der Waals surface area contributed by atoms with Crippen LogP contribution in [0.15, 0.2) is 191 Å². The first kappa shape index (κ1) is 32.0. The van der Waals surface area contributed by atoms with Crippen LogP contribution in [0.4, 0.5) is 0 Å². The number of para-hydroxylation sites is 2. The lowest BCUT2D eigenvalue weighted by Crippen LogP contribution is -1.96. The summed E-state index contributed by atoms with van der Waals surface area (Å²) in [6.45, 7) is 0. The van der Waals surface area contributed by atoms with Crippen LogP contribution in [-0.4, -0.2) is 19.4 Å². The maximum absolute atomic E-state index is 6.16. The molecule has 0 saturated carbocycles. The zero-order valence-electron chi connectivity index (χ0n) is 31.4. The number of nitrogens with zero attached hydrogens (tertiary/aromatic N) is 4. The van der Waals surface area contributed by atoms with E-state index in [0.717, 1.165) is 121 Å². The zero-order chi connectivity index (χ0) is 38.6. The van der Waals surface area contributed by atoms with Crippen LogP contribution < -0.4 is 0 Å². The van der Waals surface area contributed by atoms with E-state index in [1.54, 1.807) is 0 Å². The molecule has 0 unspecified atom stereocenters. The Bertz CT molecular complexity index is 3860. The quantitative estimate of drug-likeness (QED) is 0.167. The predicted molar refractivity (Wildman–Crippen MR) is 240 cm³/mol. The summed E-state index contributed by atoms with van der Waals surface area (Å²) in [5.41, 5.74) is 13.3. The van der Waals surface area contributed by atoms with Gasteiger partial charge in [-0.1, -0.05) is 109 Å². The van der Waals surface area contributed by atoms with Crippen molar-refractivity contribution in [3.8, 4) is 45.0 Å². The standard InChI is InChI=1S/C53H30N4O2/c1-2-10-31(11-3-1)44-30-45(34-20-23-49-43(27-34)38-14-7-9-17-47(38)59-49)55-53(54-44)35-18-21-40-41(28-35)36-12-4-5-15-39(36)51-52(40)57-25-24-33(29-50(57)56-51)32-19-22-48-42(26-32)37-13-6-8-16-46(37)58-48/h1-30H. The third-order valence-corrected chi connectivity index (χ3v) is 11.8. The second-order valence-electron chi connectivity index (χ2n) is 15.2. The molecule has 274 valence electrons. The van der Waals surface area contributed by atoms with Gasteiger partial charge in [0.25, 0.3) is 0 Å². The molecule has 6 nitrogen and oxygen atoms in total. The van der Waals surface area contributed by atoms with Crippen LogP contribution >= 0.6 is 0 Å².